The molecule has 5 heteroatoms. The highest BCUT2D eigenvalue weighted by Crippen LogP contribution is 2.19. The predicted octanol–water partition coefficient (Wildman–Crippen LogP) is 2.48. The number of piperidine rings is 1. The maximum absolute atomic E-state index is 12.0. The highest BCUT2D eigenvalue weighted by atomic mass is 16.6. The molecule has 1 saturated heterocycles. The molecule has 0 aromatic rings. The molecule has 0 radical (unpaired) electrons. The van der Waals surface area contributed by atoms with Crippen molar-refractivity contribution < 1.29 is 14.6 Å². The summed E-state index contributed by atoms with van der Waals surface area (Å²) in [6, 6.07) is 0.548. The maximum Gasteiger partial charge on any atom is 0.410 e. The summed E-state index contributed by atoms with van der Waals surface area (Å²) < 4.78 is 5.42. The predicted molar refractivity (Wildman–Crippen MR) is 84.4 cm³/mol. The summed E-state index contributed by atoms with van der Waals surface area (Å²) in [5, 5.41) is 8.87. The van der Waals surface area contributed by atoms with E-state index in [1.165, 1.54) is 0 Å². The summed E-state index contributed by atoms with van der Waals surface area (Å²) in [6.45, 7) is 11.8. The first-order valence-corrected chi connectivity index (χ1v) is 8.20. The van der Waals surface area contributed by atoms with Gasteiger partial charge in [0, 0.05) is 25.7 Å². The molecule has 0 unspecified atom stereocenters. The summed E-state index contributed by atoms with van der Waals surface area (Å²) in [5.74, 6) is 0. The van der Waals surface area contributed by atoms with Gasteiger partial charge in [0.05, 0.1) is 0 Å². The molecule has 1 N–H and O–H groups in total. The van der Waals surface area contributed by atoms with E-state index in [0.717, 1.165) is 51.9 Å². The summed E-state index contributed by atoms with van der Waals surface area (Å²) in [5.41, 5.74) is -0.423. The first-order valence-electron chi connectivity index (χ1n) is 8.20. The Kier molecular flexibility index (Phi) is 7.46. The number of carbonyl (C=O) groups is 1. The number of hydrogen-bond acceptors (Lipinski definition) is 4. The van der Waals surface area contributed by atoms with Gasteiger partial charge >= 0.3 is 6.09 Å². The third-order valence-corrected chi connectivity index (χ3v) is 3.89. The molecule has 1 amide bonds. The molecule has 0 bridgehead atoms. The number of carbonyl (C=O) groups excluding carboxylic acids is 1. The Bertz CT molecular complexity index is 307. The van der Waals surface area contributed by atoms with Crippen molar-refractivity contribution in [1.82, 2.24) is 9.80 Å². The van der Waals surface area contributed by atoms with E-state index in [0.29, 0.717) is 6.04 Å². The molecule has 5 nitrogen and oxygen atoms in total. The molecule has 0 spiro atoms. The highest BCUT2D eigenvalue weighted by Gasteiger charge is 2.28. The fraction of sp³-hybridized carbons (Fsp3) is 0.938. The Hall–Kier alpha value is -0.810. The summed E-state index contributed by atoms with van der Waals surface area (Å²) in [4.78, 5) is 16.3. The Morgan fingerprint density at radius 3 is 2.38 bits per heavy atom. The van der Waals surface area contributed by atoms with Gasteiger partial charge in [-0.15, -0.1) is 0 Å². The molecule has 0 atom stereocenters. The van der Waals surface area contributed by atoms with E-state index in [4.69, 9.17) is 9.84 Å². The maximum atomic E-state index is 12.0. The molecule has 1 aliphatic heterocycles. The SMILES string of the molecule is CCN(CCCCO)C1CCN(C(=O)OC(C)(C)C)CC1. The Balaban J connectivity index is 2.38. The normalized spacial score (nSPS) is 17.3. The standard InChI is InChI=1S/C16H32N2O3/c1-5-17(10-6-7-13-19)14-8-11-18(12-9-14)15(20)21-16(2,3)4/h14,19H,5-13H2,1-4H3. The molecule has 21 heavy (non-hydrogen) atoms. The molecular formula is C16H32N2O3. The minimum absolute atomic E-state index is 0.190. The zero-order valence-electron chi connectivity index (χ0n) is 14.1. The van der Waals surface area contributed by atoms with Crippen molar-refractivity contribution in [1.29, 1.82) is 0 Å². The molecule has 0 aromatic heterocycles. The lowest BCUT2D eigenvalue weighted by Crippen LogP contribution is -2.48. The van der Waals surface area contributed by atoms with Crippen LogP contribution in [0.4, 0.5) is 4.79 Å². The molecule has 124 valence electrons. The quantitative estimate of drug-likeness (QED) is 0.766. The van der Waals surface area contributed by atoms with Crippen molar-refractivity contribution in [2.45, 2.75) is 65.0 Å². The van der Waals surface area contributed by atoms with Gasteiger partial charge in [-0.2, -0.15) is 0 Å². The van der Waals surface area contributed by atoms with E-state index in [-0.39, 0.29) is 12.7 Å². The molecule has 1 heterocycles. The number of rotatable bonds is 6. The van der Waals surface area contributed by atoms with Crippen molar-refractivity contribution in [2.24, 2.45) is 0 Å². The van der Waals surface area contributed by atoms with Crippen LogP contribution in [0.2, 0.25) is 0 Å². The van der Waals surface area contributed by atoms with Gasteiger partial charge < -0.3 is 19.6 Å². The van der Waals surface area contributed by atoms with Gasteiger partial charge in [-0.05, 0) is 59.5 Å². The largest absolute Gasteiger partial charge is 0.444 e. The number of likely N-dealkylation sites (tertiary alicyclic amines) is 1. The molecular weight excluding hydrogens is 268 g/mol. The zero-order chi connectivity index (χ0) is 15.9. The molecule has 0 aliphatic carbocycles. The van der Waals surface area contributed by atoms with Crippen LogP contribution >= 0.6 is 0 Å². The molecule has 0 saturated carbocycles. The van der Waals surface area contributed by atoms with E-state index < -0.39 is 5.60 Å². The second-order valence-electron chi connectivity index (χ2n) is 6.76. The van der Waals surface area contributed by atoms with Crippen LogP contribution in [-0.4, -0.2) is 65.4 Å². The minimum Gasteiger partial charge on any atom is -0.444 e. The van der Waals surface area contributed by atoms with Crippen LogP contribution in [0.15, 0.2) is 0 Å². The minimum atomic E-state index is -0.423. The van der Waals surface area contributed by atoms with Gasteiger partial charge in [0.2, 0.25) is 0 Å². The third-order valence-electron chi connectivity index (χ3n) is 3.89. The molecule has 1 rings (SSSR count). The van der Waals surface area contributed by atoms with Crippen LogP contribution in [0, 0.1) is 0 Å². The average molecular weight is 300 g/mol. The number of aliphatic hydroxyl groups is 1. The van der Waals surface area contributed by atoms with E-state index in [9.17, 15) is 4.79 Å². The molecule has 1 aliphatic rings. The van der Waals surface area contributed by atoms with E-state index in [1.54, 1.807) is 0 Å². The smallest absolute Gasteiger partial charge is 0.410 e. The van der Waals surface area contributed by atoms with Gasteiger partial charge in [0.15, 0.2) is 0 Å². The van der Waals surface area contributed by atoms with Crippen molar-refractivity contribution in [3.63, 3.8) is 0 Å². The van der Waals surface area contributed by atoms with Crippen LogP contribution in [-0.2, 0) is 4.74 Å². The van der Waals surface area contributed by atoms with E-state index in [1.807, 2.05) is 25.7 Å². The van der Waals surface area contributed by atoms with Crippen LogP contribution in [0.5, 0.6) is 0 Å². The lowest BCUT2D eigenvalue weighted by molar-refractivity contribution is 0.0144. The second-order valence-corrected chi connectivity index (χ2v) is 6.76. The Labute approximate surface area is 129 Å². The fourth-order valence-corrected chi connectivity index (χ4v) is 2.77. The number of nitrogens with zero attached hydrogens (tertiary/aromatic N) is 2. The number of unbranched alkanes of at least 4 members (excludes halogenated alkanes) is 1. The van der Waals surface area contributed by atoms with Gasteiger partial charge in [-0.1, -0.05) is 6.92 Å². The van der Waals surface area contributed by atoms with E-state index >= 15 is 0 Å². The summed E-state index contributed by atoms with van der Waals surface area (Å²) in [7, 11) is 0. The summed E-state index contributed by atoms with van der Waals surface area (Å²) >= 11 is 0. The van der Waals surface area contributed by atoms with Crippen LogP contribution < -0.4 is 0 Å². The Morgan fingerprint density at radius 2 is 1.90 bits per heavy atom. The van der Waals surface area contributed by atoms with Gasteiger partial charge in [-0.25, -0.2) is 4.79 Å². The van der Waals surface area contributed by atoms with Crippen molar-refractivity contribution in [3.8, 4) is 0 Å². The highest BCUT2D eigenvalue weighted by molar-refractivity contribution is 5.68. The molecule has 0 aromatic carbocycles. The van der Waals surface area contributed by atoms with E-state index in [2.05, 4.69) is 11.8 Å². The van der Waals surface area contributed by atoms with Crippen molar-refractivity contribution in [3.05, 3.63) is 0 Å². The second kappa shape index (κ2) is 8.59. The average Bonchev–Trinajstić information content (AvgIpc) is 2.42. The van der Waals surface area contributed by atoms with Crippen LogP contribution in [0.25, 0.3) is 0 Å². The van der Waals surface area contributed by atoms with Gasteiger partial charge in [-0.3, -0.25) is 0 Å². The topological polar surface area (TPSA) is 53.0 Å². The lowest BCUT2D eigenvalue weighted by Gasteiger charge is -2.38. The van der Waals surface area contributed by atoms with Crippen molar-refractivity contribution >= 4 is 6.09 Å². The number of hydrogen-bond donors (Lipinski definition) is 1. The third kappa shape index (κ3) is 6.66. The summed E-state index contributed by atoms with van der Waals surface area (Å²) in [6.07, 6.45) is 3.73. The van der Waals surface area contributed by atoms with Crippen LogP contribution in [0.3, 0.4) is 0 Å². The fourth-order valence-electron chi connectivity index (χ4n) is 2.77. The number of amides is 1. The monoisotopic (exact) mass is 300 g/mol. The lowest BCUT2D eigenvalue weighted by atomic mass is 10.0. The van der Waals surface area contributed by atoms with Crippen molar-refractivity contribution in [2.75, 3.05) is 32.8 Å². The first kappa shape index (κ1) is 18.2. The van der Waals surface area contributed by atoms with Gasteiger partial charge in [0.1, 0.15) is 5.60 Å². The van der Waals surface area contributed by atoms with Crippen LogP contribution in [0.1, 0.15) is 53.4 Å². The Morgan fingerprint density at radius 1 is 1.29 bits per heavy atom. The number of ether oxygens (including phenoxy) is 1. The molecule has 1 fully saturated rings. The first-order chi connectivity index (χ1) is 9.87. The van der Waals surface area contributed by atoms with Gasteiger partial charge in [0.25, 0.3) is 0 Å². The number of aliphatic hydroxyl groups excluding tert-OH is 1. The zero-order valence-corrected chi connectivity index (χ0v) is 14.1.